The van der Waals surface area contributed by atoms with Crippen LogP contribution in [0.2, 0.25) is 5.02 Å². The second-order valence-electron chi connectivity index (χ2n) is 7.89. The molecule has 4 rings (SSSR count). The Morgan fingerprint density at radius 2 is 1.78 bits per heavy atom. The van der Waals surface area contributed by atoms with Crippen molar-refractivity contribution in [2.45, 2.75) is 33.1 Å². The van der Waals surface area contributed by atoms with Gasteiger partial charge in [0.1, 0.15) is 6.33 Å². The zero-order valence-corrected chi connectivity index (χ0v) is 19.0. The normalized spacial score (nSPS) is 14.5. The van der Waals surface area contributed by atoms with Gasteiger partial charge in [0.2, 0.25) is 5.91 Å². The summed E-state index contributed by atoms with van der Waals surface area (Å²) in [6.07, 6.45) is 3.21. The van der Waals surface area contributed by atoms with E-state index in [4.69, 9.17) is 11.6 Å². The zero-order valence-electron chi connectivity index (χ0n) is 18.2. The summed E-state index contributed by atoms with van der Waals surface area (Å²) in [4.78, 5) is 37.7. The maximum absolute atomic E-state index is 12.9. The molecular weight excluding hydrogens is 430 g/mol. The highest BCUT2D eigenvalue weighted by Gasteiger charge is 2.22. The second-order valence-corrected chi connectivity index (χ2v) is 8.33. The molecule has 168 valence electrons. The van der Waals surface area contributed by atoms with Crippen molar-refractivity contribution < 1.29 is 9.59 Å². The summed E-state index contributed by atoms with van der Waals surface area (Å²) in [6.45, 7) is 6.17. The number of amides is 3. The molecule has 0 bridgehead atoms. The molecule has 32 heavy (non-hydrogen) atoms. The summed E-state index contributed by atoms with van der Waals surface area (Å²) in [5.74, 6) is 0.655. The van der Waals surface area contributed by atoms with Crippen LogP contribution in [0.3, 0.4) is 0 Å². The van der Waals surface area contributed by atoms with Gasteiger partial charge in [-0.05, 0) is 56.5 Å². The third-order valence-electron chi connectivity index (χ3n) is 5.81. The molecule has 0 unspecified atom stereocenters. The topological polar surface area (TPSA) is 95.7 Å². The molecule has 0 aliphatic carbocycles. The molecule has 0 radical (unpaired) electrons. The van der Waals surface area contributed by atoms with Crippen LogP contribution in [0.15, 0.2) is 30.6 Å². The number of anilines is 1. The fourth-order valence-corrected chi connectivity index (χ4v) is 4.14. The number of urea groups is 1. The van der Waals surface area contributed by atoms with E-state index in [0.29, 0.717) is 55.5 Å². The first kappa shape index (κ1) is 22.0. The van der Waals surface area contributed by atoms with Gasteiger partial charge in [-0.3, -0.25) is 4.79 Å². The second kappa shape index (κ2) is 9.52. The molecule has 2 aromatic heterocycles. The van der Waals surface area contributed by atoms with E-state index in [1.54, 1.807) is 33.7 Å². The van der Waals surface area contributed by atoms with Crippen molar-refractivity contribution in [1.29, 1.82) is 0 Å². The van der Waals surface area contributed by atoms with Crippen LogP contribution in [0.5, 0.6) is 0 Å². The fourth-order valence-electron chi connectivity index (χ4n) is 4.01. The van der Waals surface area contributed by atoms with E-state index < -0.39 is 0 Å². The number of nitrogens with zero attached hydrogens (tertiary/aromatic N) is 6. The number of fused-ring (bicyclic) bond motifs is 1. The third-order valence-corrected chi connectivity index (χ3v) is 6.06. The Bertz CT molecular complexity index is 1130. The number of carbonyl (C=O) groups is 2. The molecule has 10 heteroatoms. The van der Waals surface area contributed by atoms with Gasteiger partial charge in [-0.2, -0.15) is 10.1 Å². The first-order valence-electron chi connectivity index (χ1n) is 10.7. The molecule has 1 aromatic carbocycles. The number of hydrogen-bond acceptors (Lipinski definition) is 5. The van der Waals surface area contributed by atoms with Crippen LogP contribution in [-0.4, -0.2) is 67.5 Å². The lowest BCUT2D eigenvalue weighted by Crippen LogP contribution is -2.39. The number of nitrogens with one attached hydrogen (secondary N) is 1. The number of hydrogen-bond donors (Lipinski definition) is 1. The van der Waals surface area contributed by atoms with Crippen molar-refractivity contribution in [3.63, 3.8) is 0 Å². The summed E-state index contributed by atoms with van der Waals surface area (Å²) >= 11 is 5.90. The molecular formula is C22H26ClN7O2. The van der Waals surface area contributed by atoms with Gasteiger partial charge in [-0.25, -0.2) is 14.3 Å². The Hall–Kier alpha value is -3.20. The van der Waals surface area contributed by atoms with E-state index >= 15 is 0 Å². The molecule has 9 nitrogen and oxygen atoms in total. The van der Waals surface area contributed by atoms with E-state index in [1.165, 1.54) is 6.33 Å². The Morgan fingerprint density at radius 1 is 1.06 bits per heavy atom. The highest BCUT2D eigenvalue weighted by atomic mass is 35.5. The Morgan fingerprint density at radius 3 is 2.56 bits per heavy atom. The number of carbonyl (C=O) groups excluding carboxylic acids is 2. The number of halogens is 1. The van der Waals surface area contributed by atoms with Crippen molar-refractivity contribution in [2.24, 2.45) is 0 Å². The average molecular weight is 456 g/mol. The first-order chi connectivity index (χ1) is 15.4. The van der Waals surface area contributed by atoms with Crippen LogP contribution < -0.4 is 5.32 Å². The summed E-state index contributed by atoms with van der Waals surface area (Å²) in [7, 11) is 0. The maximum Gasteiger partial charge on any atom is 0.321 e. The number of benzene rings is 1. The summed E-state index contributed by atoms with van der Waals surface area (Å²) in [5, 5.41) is 7.71. The van der Waals surface area contributed by atoms with Crippen LogP contribution in [0.4, 0.5) is 10.5 Å². The fraction of sp³-hybridized carbons (Fsp3) is 0.409. The van der Waals surface area contributed by atoms with Gasteiger partial charge < -0.3 is 15.1 Å². The van der Waals surface area contributed by atoms with E-state index in [-0.39, 0.29) is 11.9 Å². The first-order valence-corrected chi connectivity index (χ1v) is 11.1. The maximum atomic E-state index is 12.9. The Balaban J connectivity index is 1.33. The number of rotatable bonds is 4. The van der Waals surface area contributed by atoms with Crippen molar-refractivity contribution in [2.75, 3.05) is 31.5 Å². The third kappa shape index (κ3) is 4.83. The predicted octanol–water partition coefficient (Wildman–Crippen LogP) is 3.09. The van der Waals surface area contributed by atoms with Gasteiger partial charge >= 0.3 is 6.03 Å². The molecule has 0 spiro atoms. The molecule has 1 aliphatic rings. The van der Waals surface area contributed by atoms with E-state index in [0.717, 1.165) is 23.4 Å². The summed E-state index contributed by atoms with van der Waals surface area (Å²) in [6, 6.07) is 6.84. The van der Waals surface area contributed by atoms with Crippen LogP contribution in [0, 0.1) is 13.8 Å². The highest BCUT2D eigenvalue weighted by Crippen LogP contribution is 2.17. The SMILES string of the molecule is Cc1nc2ncnn2c(C)c1CCC(=O)N1CCCN(C(=O)Nc2ccc(Cl)cc2)CC1. The standard InChI is InChI=1S/C22H26ClN7O2/c1-15-19(16(2)30-21(26-15)24-14-25-30)8-9-20(31)28-10-3-11-29(13-12-28)22(32)27-18-6-4-17(23)5-7-18/h4-7,14H,3,8-13H2,1-2H3,(H,27,32). The summed E-state index contributed by atoms with van der Waals surface area (Å²) in [5.41, 5.74) is 3.55. The van der Waals surface area contributed by atoms with Gasteiger partial charge in [0.05, 0.1) is 0 Å². The predicted molar refractivity (Wildman–Crippen MR) is 122 cm³/mol. The van der Waals surface area contributed by atoms with E-state index in [2.05, 4.69) is 20.4 Å². The lowest BCUT2D eigenvalue weighted by molar-refractivity contribution is -0.131. The highest BCUT2D eigenvalue weighted by molar-refractivity contribution is 6.30. The smallest absolute Gasteiger partial charge is 0.321 e. The monoisotopic (exact) mass is 455 g/mol. The van der Waals surface area contributed by atoms with E-state index in [9.17, 15) is 9.59 Å². The van der Waals surface area contributed by atoms with Gasteiger partial charge in [0, 0.05) is 54.7 Å². The molecule has 0 atom stereocenters. The van der Waals surface area contributed by atoms with Crippen LogP contribution in [-0.2, 0) is 11.2 Å². The molecule has 3 heterocycles. The van der Waals surface area contributed by atoms with E-state index in [1.807, 2.05) is 18.7 Å². The average Bonchev–Trinajstić information content (AvgIpc) is 3.10. The van der Waals surface area contributed by atoms with Gasteiger partial charge in [0.15, 0.2) is 0 Å². The Labute approximate surface area is 191 Å². The van der Waals surface area contributed by atoms with Gasteiger partial charge in [0.25, 0.3) is 5.78 Å². The van der Waals surface area contributed by atoms with Crippen LogP contribution in [0.25, 0.3) is 5.78 Å². The zero-order chi connectivity index (χ0) is 22.7. The van der Waals surface area contributed by atoms with Gasteiger partial charge in [-0.1, -0.05) is 11.6 Å². The Kier molecular flexibility index (Phi) is 6.55. The summed E-state index contributed by atoms with van der Waals surface area (Å²) < 4.78 is 1.70. The quantitative estimate of drug-likeness (QED) is 0.652. The van der Waals surface area contributed by atoms with Crippen molar-refractivity contribution in [3.8, 4) is 0 Å². The minimum atomic E-state index is -0.167. The lowest BCUT2D eigenvalue weighted by Gasteiger charge is -2.23. The molecule has 3 aromatic rings. The number of aromatic nitrogens is 4. The van der Waals surface area contributed by atoms with Crippen LogP contribution in [0.1, 0.15) is 29.8 Å². The minimum Gasteiger partial charge on any atom is -0.341 e. The minimum absolute atomic E-state index is 0.0856. The molecule has 1 fully saturated rings. The van der Waals surface area contributed by atoms with Gasteiger partial charge in [-0.15, -0.1) is 0 Å². The van der Waals surface area contributed by atoms with Crippen molar-refractivity contribution in [1.82, 2.24) is 29.4 Å². The number of aryl methyl sites for hydroxylation is 2. The molecule has 1 saturated heterocycles. The molecule has 1 N–H and O–H groups in total. The molecule has 3 amide bonds. The largest absolute Gasteiger partial charge is 0.341 e. The van der Waals surface area contributed by atoms with Crippen molar-refractivity contribution in [3.05, 3.63) is 52.6 Å². The lowest BCUT2D eigenvalue weighted by atomic mass is 10.1. The van der Waals surface area contributed by atoms with Crippen LogP contribution >= 0.6 is 11.6 Å². The molecule has 0 saturated carbocycles. The molecule has 1 aliphatic heterocycles. The van der Waals surface area contributed by atoms with Crippen molar-refractivity contribution >= 4 is 35.0 Å².